The zero-order chi connectivity index (χ0) is 27.3. The monoisotopic (exact) mass is 557 g/mol. The number of methoxy groups -OCH3 is 1. The minimum absolute atomic E-state index is 0.0264. The maximum Gasteiger partial charge on any atom is 0.305 e. The highest BCUT2D eigenvalue weighted by Crippen LogP contribution is 2.26. The Labute approximate surface area is 230 Å². The summed E-state index contributed by atoms with van der Waals surface area (Å²) < 4.78 is 5.32. The first-order valence-electron chi connectivity index (χ1n) is 11.7. The molecule has 0 aliphatic rings. The number of amides is 1. The van der Waals surface area contributed by atoms with Crippen molar-refractivity contribution < 1.29 is 19.4 Å². The van der Waals surface area contributed by atoms with Crippen LogP contribution in [0.1, 0.15) is 23.2 Å². The molecule has 38 heavy (non-hydrogen) atoms. The number of carbonyl (C=O) groups is 2. The van der Waals surface area contributed by atoms with Gasteiger partial charge in [0, 0.05) is 25.8 Å². The van der Waals surface area contributed by atoms with Crippen LogP contribution < -0.4 is 31.3 Å². The van der Waals surface area contributed by atoms with Gasteiger partial charge in [-0.25, -0.2) is 4.98 Å². The van der Waals surface area contributed by atoms with Gasteiger partial charge in [0.15, 0.2) is 5.11 Å². The van der Waals surface area contributed by atoms with E-state index in [2.05, 4.69) is 36.6 Å². The van der Waals surface area contributed by atoms with Gasteiger partial charge in [-0.15, -0.1) is 0 Å². The van der Waals surface area contributed by atoms with Gasteiger partial charge in [-0.1, -0.05) is 35.9 Å². The minimum Gasteiger partial charge on any atom is -0.495 e. The Balaban J connectivity index is 1.68. The molecular weight excluding hydrogens is 530 g/mol. The summed E-state index contributed by atoms with van der Waals surface area (Å²) in [6, 6.07) is 14.3. The van der Waals surface area contributed by atoms with Crippen molar-refractivity contribution in [3.05, 3.63) is 65.3 Å². The number of ether oxygens (including phenoxy) is 1. The molecule has 1 aromatic heterocycles. The molecule has 0 spiro atoms. The van der Waals surface area contributed by atoms with Gasteiger partial charge in [0.2, 0.25) is 5.95 Å². The number of benzene rings is 2. The van der Waals surface area contributed by atoms with E-state index in [0.717, 1.165) is 0 Å². The lowest BCUT2D eigenvalue weighted by Crippen LogP contribution is -2.37. The highest BCUT2D eigenvalue weighted by Gasteiger charge is 2.17. The standard InChI is InChI=1S/C25H28ClN7O4S/c1-37-20-10-5-4-9-19(20)31-23(36)16-15-30-24(32-18-8-3-2-7-17(18)26)33-22(16)27-12-6-13-28-25(38)29-14-11-21(34)35/h2-5,7-10,15H,6,11-14H2,1H3,(H,31,36)(H,34,35)(H2,28,29,38)(H2,27,30,32,33). The summed E-state index contributed by atoms with van der Waals surface area (Å²) in [5.41, 5.74) is 1.37. The molecule has 0 saturated carbocycles. The van der Waals surface area contributed by atoms with E-state index in [1.54, 1.807) is 36.4 Å². The van der Waals surface area contributed by atoms with Crippen LogP contribution in [-0.2, 0) is 4.79 Å². The number of carboxylic acid groups (broad SMARTS) is 1. The number of nitrogens with zero attached hydrogens (tertiary/aromatic N) is 2. The number of aromatic nitrogens is 2. The van der Waals surface area contributed by atoms with E-state index >= 15 is 0 Å². The van der Waals surface area contributed by atoms with Crippen molar-refractivity contribution in [1.29, 1.82) is 0 Å². The van der Waals surface area contributed by atoms with E-state index in [-0.39, 0.29) is 24.5 Å². The normalized spacial score (nSPS) is 10.3. The predicted octanol–water partition coefficient (Wildman–Crippen LogP) is 3.88. The quantitative estimate of drug-likeness (QED) is 0.134. The maximum atomic E-state index is 13.1. The van der Waals surface area contributed by atoms with Gasteiger partial charge < -0.3 is 36.4 Å². The zero-order valence-electron chi connectivity index (χ0n) is 20.6. The summed E-state index contributed by atoms with van der Waals surface area (Å²) in [5.74, 6) is -0.209. The lowest BCUT2D eigenvalue weighted by molar-refractivity contribution is -0.136. The van der Waals surface area contributed by atoms with Gasteiger partial charge in [-0.2, -0.15) is 4.98 Å². The van der Waals surface area contributed by atoms with Gasteiger partial charge in [-0.05, 0) is 42.9 Å². The first-order valence-corrected chi connectivity index (χ1v) is 12.5. The van der Waals surface area contributed by atoms with E-state index in [0.29, 0.717) is 52.6 Å². The van der Waals surface area contributed by atoms with Crippen molar-refractivity contribution in [2.45, 2.75) is 12.8 Å². The molecule has 200 valence electrons. The second-order valence-electron chi connectivity index (χ2n) is 7.82. The molecule has 2 aromatic carbocycles. The lowest BCUT2D eigenvalue weighted by Gasteiger charge is -2.15. The van der Waals surface area contributed by atoms with Gasteiger partial charge >= 0.3 is 5.97 Å². The van der Waals surface area contributed by atoms with E-state index in [4.69, 9.17) is 33.7 Å². The molecule has 3 aromatic rings. The van der Waals surface area contributed by atoms with Crippen LogP contribution in [0.15, 0.2) is 54.7 Å². The van der Waals surface area contributed by atoms with Crippen LogP contribution in [0.4, 0.5) is 23.1 Å². The fourth-order valence-electron chi connectivity index (χ4n) is 3.21. The molecule has 13 heteroatoms. The Bertz CT molecular complexity index is 1280. The third-order valence-electron chi connectivity index (χ3n) is 5.06. The Morgan fingerprint density at radius 2 is 1.74 bits per heavy atom. The van der Waals surface area contributed by atoms with E-state index in [9.17, 15) is 9.59 Å². The molecule has 6 N–H and O–H groups in total. The third-order valence-corrected chi connectivity index (χ3v) is 5.68. The summed E-state index contributed by atoms with van der Waals surface area (Å²) in [5, 5.41) is 24.5. The van der Waals surface area contributed by atoms with Crippen molar-refractivity contribution in [3.8, 4) is 5.75 Å². The van der Waals surface area contributed by atoms with Crippen LogP contribution >= 0.6 is 23.8 Å². The Morgan fingerprint density at radius 3 is 2.47 bits per heavy atom. The van der Waals surface area contributed by atoms with Crippen molar-refractivity contribution >= 4 is 63.9 Å². The highest BCUT2D eigenvalue weighted by atomic mass is 35.5. The number of hydrogen-bond acceptors (Lipinski definition) is 8. The molecule has 1 amide bonds. The Hall–Kier alpha value is -4.16. The molecule has 0 bridgehead atoms. The number of carbonyl (C=O) groups excluding carboxylic acids is 1. The Morgan fingerprint density at radius 1 is 1.03 bits per heavy atom. The van der Waals surface area contributed by atoms with E-state index < -0.39 is 11.9 Å². The topological polar surface area (TPSA) is 150 Å². The van der Waals surface area contributed by atoms with E-state index in [1.165, 1.54) is 13.3 Å². The second-order valence-corrected chi connectivity index (χ2v) is 8.64. The molecule has 0 fully saturated rings. The molecular formula is C25H28ClN7O4S. The number of hydrogen-bond donors (Lipinski definition) is 6. The van der Waals surface area contributed by atoms with E-state index in [1.807, 2.05) is 12.1 Å². The number of anilines is 4. The number of nitrogens with one attached hydrogen (secondary N) is 5. The molecule has 11 nitrogen and oxygen atoms in total. The van der Waals surface area contributed by atoms with Gasteiger partial charge in [0.05, 0.1) is 29.9 Å². The number of halogens is 1. The van der Waals surface area contributed by atoms with Crippen LogP contribution in [0, 0.1) is 0 Å². The average molecular weight is 558 g/mol. The molecule has 0 aliphatic heterocycles. The third kappa shape index (κ3) is 8.75. The van der Waals surface area contributed by atoms with Crippen molar-refractivity contribution in [3.63, 3.8) is 0 Å². The molecule has 0 atom stereocenters. The molecule has 0 radical (unpaired) electrons. The van der Waals surface area contributed by atoms with Crippen molar-refractivity contribution in [2.24, 2.45) is 0 Å². The molecule has 0 unspecified atom stereocenters. The largest absolute Gasteiger partial charge is 0.495 e. The van der Waals surface area contributed by atoms with Gasteiger partial charge in [-0.3, -0.25) is 9.59 Å². The summed E-state index contributed by atoms with van der Waals surface area (Å²) in [4.78, 5) is 32.5. The lowest BCUT2D eigenvalue weighted by atomic mass is 10.2. The summed E-state index contributed by atoms with van der Waals surface area (Å²) >= 11 is 11.4. The fraction of sp³-hybridized carbons (Fsp3) is 0.240. The molecule has 3 rings (SSSR count). The highest BCUT2D eigenvalue weighted by molar-refractivity contribution is 7.80. The predicted molar refractivity (Wildman–Crippen MR) is 152 cm³/mol. The first-order chi connectivity index (χ1) is 18.4. The number of para-hydroxylation sites is 3. The average Bonchev–Trinajstić information content (AvgIpc) is 2.90. The first kappa shape index (κ1) is 28.4. The van der Waals surface area contributed by atoms with Gasteiger partial charge in [0.1, 0.15) is 17.1 Å². The van der Waals surface area contributed by atoms with Crippen molar-refractivity contribution in [1.82, 2.24) is 20.6 Å². The van der Waals surface area contributed by atoms with Crippen LogP contribution in [-0.4, -0.2) is 58.8 Å². The number of carboxylic acids is 1. The van der Waals surface area contributed by atoms with Crippen LogP contribution in [0.3, 0.4) is 0 Å². The van der Waals surface area contributed by atoms with Crippen LogP contribution in [0.25, 0.3) is 0 Å². The number of thiocarbonyl (C=S) groups is 1. The molecule has 0 saturated heterocycles. The van der Waals surface area contributed by atoms with Gasteiger partial charge in [0.25, 0.3) is 5.91 Å². The Kier molecular flexibility index (Phi) is 10.9. The minimum atomic E-state index is -0.900. The SMILES string of the molecule is COc1ccccc1NC(=O)c1cnc(Nc2ccccc2Cl)nc1NCCCNC(=S)NCCC(=O)O. The summed E-state index contributed by atoms with van der Waals surface area (Å²) in [6.45, 7) is 1.22. The fourth-order valence-corrected chi connectivity index (χ4v) is 3.59. The second kappa shape index (κ2) is 14.5. The van der Waals surface area contributed by atoms with Crippen LogP contribution in [0.5, 0.6) is 5.75 Å². The van der Waals surface area contributed by atoms with Crippen molar-refractivity contribution in [2.75, 3.05) is 42.7 Å². The summed E-state index contributed by atoms with van der Waals surface area (Å²) in [7, 11) is 1.53. The molecule has 1 heterocycles. The zero-order valence-corrected chi connectivity index (χ0v) is 22.2. The smallest absolute Gasteiger partial charge is 0.305 e. The molecule has 0 aliphatic carbocycles. The summed E-state index contributed by atoms with van der Waals surface area (Å²) in [6.07, 6.45) is 2.03. The van der Waals surface area contributed by atoms with Crippen LogP contribution in [0.2, 0.25) is 5.02 Å². The number of aliphatic carboxylic acids is 1. The maximum absolute atomic E-state index is 13.1. The number of rotatable bonds is 13.